The molecule has 1 aromatic heterocycles. The summed E-state index contributed by atoms with van der Waals surface area (Å²) in [5.74, 6) is 0. The van der Waals surface area contributed by atoms with E-state index in [-0.39, 0.29) is 0 Å². The van der Waals surface area contributed by atoms with Gasteiger partial charge in [0.25, 0.3) is 0 Å². The quantitative estimate of drug-likeness (QED) is 0.566. The predicted molar refractivity (Wildman–Crippen MR) is 68.3 cm³/mol. The van der Waals surface area contributed by atoms with Crippen LogP contribution in [0.2, 0.25) is 0 Å². The first kappa shape index (κ1) is 9.90. The molecule has 14 heavy (non-hydrogen) atoms. The summed E-state index contributed by atoms with van der Waals surface area (Å²) in [5, 5.41) is 4.13. The number of thiophene rings is 1. The SMILES string of the molecule is S=C(Sc1ccccc1)c1ccsc1. The number of rotatable bonds is 2. The van der Waals surface area contributed by atoms with E-state index in [9.17, 15) is 0 Å². The van der Waals surface area contributed by atoms with Crippen LogP contribution in [-0.2, 0) is 0 Å². The molecule has 0 radical (unpaired) electrons. The maximum Gasteiger partial charge on any atom is 0.0834 e. The van der Waals surface area contributed by atoms with E-state index in [0.29, 0.717) is 0 Å². The molecule has 0 atom stereocenters. The van der Waals surface area contributed by atoms with Gasteiger partial charge in [-0.15, -0.1) is 0 Å². The highest BCUT2D eigenvalue weighted by molar-refractivity contribution is 8.23. The number of thiocarbonyl (C=S) groups is 1. The van der Waals surface area contributed by atoms with Crippen molar-refractivity contribution in [1.82, 2.24) is 0 Å². The van der Waals surface area contributed by atoms with Gasteiger partial charge in [-0.3, -0.25) is 0 Å². The number of benzene rings is 1. The monoisotopic (exact) mass is 236 g/mol. The molecule has 0 bridgehead atoms. The van der Waals surface area contributed by atoms with Crippen LogP contribution in [-0.4, -0.2) is 4.20 Å². The molecule has 0 saturated carbocycles. The maximum atomic E-state index is 5.33. The third-order valence-corrected chi connectivity index (χ3v) is 3.81. The number of hydrogen-bond donors (Lipinski definition) is 0. The number of hydrogen-bond acceptors (Lipinski definition) is 3. The van der Waals surface area contributed by atoms with Crippen LogP contribution in [0.3, 0.4) is 0 Å². The lowest BCUT2D eigenvalue weighted by Gasteiger charge is -2.00. The molecule has 0 nitrogen and oxygen atoms in total. The normalized spacial score (nSPS) is 10.0. The molecule has 0 aliphatic carbocycles. The molecule has 0 aliphatic rings. The Balaban J connectivity index is 2.10. The van der Waals surface area contributed by atoms with Crippen molar-refractivity contribution in [3.05, 3.63) is 52.7 Å². The van der Waals surface area contributed by atoms with E-state index in [1.54, 1.807) is 23.1 Å². The molecular formula is C11H8S3. The van der Waals surface area contributed by atoms with Crippen molar-refractivity contribution in [3.8, 4) is 0 Å². The van der Waals surface area contributed by atoms with Crippen LogP contribution < -0.4 is 0 Å². The molecular weight excluding hydrogens is 228 g/mol. The first-order valence-corrected chi connectivity index (χ1v) is 6.32. The molecule has 0 fully saturated rings. The van der Waals surface area contributed by atoms with Gasteiger partial charge in [0.15, 0.2) is 0 Å². The standard InChI is InChI=1S/C11H8S3/c12-11(9-6-7-13-8-9)14-10-4-2-1-3-5-10/h1-8H. The van der Waals surface area contributed by atoms with Gasteiger partial charge in [0, 0.05) is 10.5 Å². The predicted octanol–water partition coefficient (Wildman–Crippen LogP) is 4.22. The van der Waals surface area contributed by atoms with Crippen LogP contribution in [0.1, 0.15) is 5.56 Å². The van der Waals surface area contributed by atoms with Gasteiger partial charge in [0.05, 0.1) is 4.20 Å². The molecule has 70 valence electrons. The summed E-state index contributed by atoms with van der Waals surface area (Å²) >= 11 is 8.64. The molecule has 1 aromatic carbocycles. The summed E-state index contributed by atoms with van der Waals surface area (Å²) in [5.41, 5.74) is 1.15. The van der Waals surface area contributed by atoms with Gasteiger partial charge in [-0.05, 0) is 29.0 Å². The highest BCUT2D eigenvalue weighted by Gasteiger charge is 2.02. The van der Waals surface area contributed by atoms with Gasteiger partial charge in [-0.2, -0.15) is 11.3 Å². The summed E-state index contributed by atoms with van der Waals surface area (Å²) in [4.78, 5) is 1.20. The third-order valence-electron chi connectivity index (χ3n) is 1.71. The van der Waals surface area contributed by atoms with Crippen molar-refractivity contribution in [2.45, 2.75) is 4.90 Å². The first-order chi connectivity index (χ1) is 6.86. The molecule has 0 amide bonds. The lowest BCUT2D eigenvalue weighted by Crippen LogP contribution is -1.87. The Hall–Kier alpha value is -0.640. The second-order valence-corrected chi connectivity index (χ2v) is 5.25. The van der Waals surface area contributed by atoms with Crippen LogP contribution in [0, 0.1) is 0 Å². The minimum absolute atomic E-state index is 0.942. The maximum absolute atomic E-state index is 5.33. The molecule has 0 unspecified atom stereocenters. The van der Waals surface area contributed by atoms with Crippen molar-refractivity contribution in [2.24, 2.45) is 0 Å². The largest absolute Gasteiger partial charge is 0.152 e. The Labute approximate surface area is 97.0 Å². The Kier molecular flexibility index (Phi) is 3.35. The van der Waals surface area contributed by atoms with E-state index in [2.05, 4.69) is 23.6 Å². The van der Waals surface area contributed by atoms with Crippen LogP contribution in [0.25, 0.3) is 0 Å². The van der Waals surface area contributed by atoms with Crippen LogP contribution >= 0.6 is 35.3 Å². The average Bonchev–Trinajstić information content (AvgIpc) is 2.72. The lowest BCUT2D eigenvalue weighted by molar-refractivity contribution is 1.48. The summed E-state index contributed by atoms with van der Waals surface area (Å²) in [6, 6.07) is 12.3. The molecule has 2 aromatic rings. The number of thioether (sulfide) groups is 1. The van der Waals surface area contributed by atoms with Gasteiger partial charge in [0.2, 0.25) is 0 Å². The van der Waals surface area contributed by atoms with E-state index in [1.165, 1.54) is 4.90 Å². The van der Waals surface area contributed by atoms with Crippen molar-refractivity contribution >= 4 is 39.5 Å². The Morgan fingerprint density at radius 1 is 1.14 bits per heavy atom. The van der Waals surface area contributed by atoms with Crippen molar-refractivity contribution < 1.29 is 0 Å². The molecule has 0 N–H and O–H groups in total. The lowest BCUT2D eigenvalue weighted by atomic mass is 10.4. The topological polar surface area (TPSA) is 0 Å². The summed E-state index contributed by atoms with van der Waals surface area (Å²) in [7, 11) is 0. The highest BCUT2D eigenvalue weighted by Crippen LogP contribution is 2.24. The van der Waals surface area contributed by atoms with Crippen molar-refractivity contribution in [3.63, 3.8) is 0 Å². The van der Waals surface area contributed by atoms with Crippen molar-refractivity contribution in [1.29, 1.82) is 0 Å². The fraction of sp³-hybridized carbons (Fsp3) is 0. The Morgan fingerprint density at radius 3 is 2.57 bits per heavy atom. The van der Waals surface area contributed by atoms with Gasteiger partial charge in [-0.25, -0.2) is 0 Å². The Bertz CT molecular complexity index is 403. The fourth-order valence-electron chi connectivity index (χ4n) is 1.04. The summed E-state index contributed by atoms with van der Waals surface area (Å²) in [6.45, 7) is 0. The summed E-state index contributed by atoms with van der Waals surface area (Å²) in [6.07, 6.45) is 0. The molecule has 0 spiro atoms. The Morgan fingerprint density at radius 2 is 1.93 bits per heavy atom. The average molecular weight is 236 g/mol. The van der Waals surface area contributed by atoms with Crippen LogP contribution in [0.4, 0.5) is 0 Å². The molecule has 1 heterocycles. The zero-order valence-corrected chi connectivity index (χ0v) is 9.79. The highest BCUT2D eigenvalue weighted by atomic mass is 32.2. The van der Waals surface area contributed by atoms with E-state index >= 15 is 0 Å². The minimum atomic E-state index is 0.942. The smallest absolute Gasteiger partial charge is 0.0834 e. The van der Waals surface area contributed by atoms with E-state index < -0.39 is 0 Å². The van der Waals surface area contributed by atoms with E-state index in [0.717, 1.165) is 9.76 Å². The van der Waals surface area contributed by atoms with Crippen LogP contribution in [0.15, 0.2) is 52.1 Å². The van der Waals surface area contributed by atoms with Gasteiger partial charge in [-0.1, -0.05) is 42.2 Å². The first-order valence-electron chi connectivity index (χ1n) is 4.16. The van der Waals surface area contributed by atoms with Gasteiger partial charge < -0.3 is 0 Å². The summed E-state index contributed by atoms with van der Waals surface area (Å²) < 4.78 is 0.942. The zero-order valence-electron chi connectivity index (χ0n) is 7.34. The van der Waals surface area contributed by atoms with E-state index in [4.69, 9.17) is 12.2 Å². The third kappa shape index (κ3) is 2.44. The zero-order chi connectivity index (χ0) is 9.80. The van der Waals surface area contributed by atoms with Gasteiger partial charge >= 0.3 is 0 Å². The fourth-order valence-corrected chi connectivity index (χ4v) is 3.00. The van der Waals surface area contributed by atoms with Gasteiger partial charge in [0.1, 0.15) is 0 Å². The van der Waals surface area contributed by atoms with Crippen molar-refractivity contribution in [2.75, 3.05) is 0 Å². The molecule has 0 aliphatic heterocycles. The molecule has 2 rings (SSSR count). The second kappa shape index (κ2) is 4.73. The minimum Gasteiger partial charge on any atom is -0.152 e. The molecule has 0 saturated heterocycles. The molecule has 3 heteroatoms. The van der Waals surface area contributed by atoms with E-state index in [1.807, 2.05) is 23.6 Å². The van der Waals surface area contributed by atoms with Crippen LogP contribution in [0.5, 0.6) is 0 Å². The second-order valence-electron chi connectivity index (χ2n) is 2.71.